The third-order valence-electron chi connectivity index (χ3n) is 3.26. The normalized spacial score (nSPS) is 11.3. The lowest BCUT2D eigenvalue weighted by Gasteiger charge is -2.16. The van der Waals surface area contributed by atoms with Crippen LogP contribution in [0.4, 0.5) is 0 Å². The predicted octanol–water partition coefficient (Wildman–Crippen LogP) is 4.51. The van der Waals surface area contributed by atoms with Crippen LogP contribution in [0.1, 0.15) is 26.3 Å². The topological polar surface area (TPSA) is 17.1 Å². The molecule has 1 heteroatoms. The summed E-state index contributed by atoms with van der Waals surface area (Å²) in [6.07, 6.45) is 0.512. The number of ketones is 1. The Balaban J connectivity index is 2.14. The van der Waals surface area contributed by atoms with Gasteiger partial charge in [0.25, 0.3) is 0 Å². The lowest BCUT2D eigenvalue weighted by atomic mass is 9.87. The summed E-state index contributed by atoms with van der Waals surface area (Å²) in [4.78, 5) is 12.0. The molecule has 2 aromatic carbocycles. The van der Waals surface area contributed by atoms with E-state index in [4.69, 9.17) is 0 Å². The number of rotatable bonds is 3. The molecule has 1 nitrogen and oxygen atoms in total. The molecule has 0 atom stereocenters. The molecule has 0 bridgehead atoms. The summed E-state index contributed by atoms with van der Waals surface area (Å²) in [5.74, 6) is 0.278. The molecule has 0 aromatic heterocycles. The maximum absolute atomic E-state index is 12.0. The van der Waals surface area contributed by atoms with Gasteiger partial charge in [-0.25, -0.2) is 0 Å². The van der Waals surface area contributed by atoms with Crippen LogP contribution in [-0.2, 0) is 11.2 Å². The van der Waals surface area contributed by atoms with Gasteiger partial charge >= 0.3 is 0 Å². The van der Waals surface area contributed by atoms with Crippen LogP contribution < -0.4 is 0 Å². The molecule has 0 amide bonds. The summed E-state index contributed by atoms with van der Waals surface area (Å²) in [7, 11) is 0. The second-order valence-electron chi connectivity index (χ2n) is 5.91. The van der Waals surface area contributed by atoms with Gasteiger partial charge < -0.3 is 0 Å². The van der Waals surface area contributed by atoms with E-state index in [2.05, 4.69) is 24.3 Å². The summed E-state index contributed by atoms with van der Waals surface area (Å²) in [5, 5.41) is 0. The number of carbonyl (C=O) groups is 1. The molecule has 0 saturated heterocycles. The van der Waals surface area contributed by atoms with Gasteiger partial charge in [-0.1, -0.05) is 75.4 Å². The lowest BCUT2D eigenvalue weighted by molar-refractivity contribution is -0.125. The van der Waals surface area contributed by atoms with Crippen molar-refractivity contribution in [3.8, 4) is 11.1 Å². The third kappa shape index (κ3) is 3.54. The molecule has 0 aliphatic rings. The molecule has 0 N–H and O–H groups in total. The first-order valence-corrected chi connectivity index (χ1v) is 6.64. The Labute approximate surface area is 115 Å². The minimum atomic E-state index is -0.266. The molecule has 0 heterocycles. The van der Waals surface area contributed by atoms with Crippen LogP contribution in [0.2, 0.25) is 0 Å². The Hall–Kier alpha value is -1.89. The zero-order valence-corrected chi connectivity index (χ0v) is 11.8. The van der Waals surface area contributed by atoms with Crippen molar-refractivity contribution in [1.82, 2.24) is 0 Å². The van der Waals surface area contributed by atoms with E-state index in [1.54, 1.807) is 0 Å². The largest absolute Gasteiger partial charge is 0.299 e. The molecule has 0 aliphatic heterocycles. The van der Waals surface area contributed by atoms with Crippen LogP contribution in [0.15, 0.2) is 54.6 Å². The fraction of sp³-hybridized carbons (Fsp3) is 0.278. The Morgan fingerprint density at radius 1 is 0.842 bits per heavy atom. The molecule has 0 unspecified atom stereocenters. The fourth-order valence-corrected chi connectivity index (χ4v) is 1.90. The first-order chi connectivity index (χ1) is 8.97. The first kappa shape index (κ1) is 13.5. The summed E-state index contributed by atoms with van der Waals surface area (Å²) in [5.41, 5.74) is 3.21. The van der Waals surface area contributed by atoms with Gasteiger partial charge in [0.15, 0.2) is 0 Å². The highest BCUT2D eigenvalue weighted by Gasteiger charge is 2.20. The van der Waals surface area contributed by atoms with Gasteiger partial charge in [-0.05, 0) is 16.7 Å². The predicted molar refractivity (Wildman–Crippen MR) is 80.0 cm³/mol. The van der Waals surface area contributed by atoms with Gasteiger partial charge in [0.05, 0.1) is 0 Å². The monoisotopic (exact) mass is 252 g/mol. The minimum absolute atomic E-state index is 0.266. The zero-order chi connectivity index (χ0) is 13.9. The van der Waals surface area contributed by atoms with Gasteiger partial charge in [0.2, 0.25) is 0 Å². The number of hydrogen-bond acceptors (Lipinski definition) is 1. The molecule has 0 spiro atoms. The quantitative estimate of drug-likeness (QED) is 0.785. The fourth-order valence-electron chi connectivity index (χ4n) is 1.90. The Morgan fingerprint density at radius 3 is 1.89 bits per heavy atom. The maximum atomic E-state index is 12.0. The number of Topliss-reactive ketones (excluding diaryl/α,β-unsaturated/α-hetero) is 1. The Morgan fingerprint density at radius 2 is 1.37 bits per heavy atom. The van der Waals surface area contributed by atoms with Crippen molar-refractivity contribution in [2.75, 3.05) is 0 Å². The van der Waals surface area contributed by atoms with Crippen LogP contribution in [0.3, 0.4) is 0 Å². The average molecular weight is 252 g/mol. The molecule has 0 fully saturated rings. The van der Waals surface area contributed by atoms with Crippen molar-refractivity contribution >= 4 is 5.78 Å². The molecular formula is C18H20O. The zero-order valence-electron chi connectivity index (χ0n) is 11.8. The highest BCUT2D eigenvalue weighted by Crippen LogP contribution is 2.21. The summed E-state index contributed by atoms with van der Waals surface area (Å²) in [6.45, 7) is 5.90. The smallest absolute Gasteiger partial charge is 0.142 e. The van der Waals surface area contributed by atoms with Gasteiger partial charge in [-0.2, -0.15) is 0 Å². The highest BCUT2D eigenvalue weighted by atomic mass is 16.1. The van der Waals surface area contributed by atoms with E-state index < -0.39 is 0 Å². The average Bonchev–Trinajstić information content (AvgIpc) is 2.39. The molecule has 2 aromatic rings. The van der Waals surface area contributed by atoms with Crippen LogP contribution in [0.25, 0.3) is 11.1 Å². The van der Waals surface area contributed by atoms with Crippen LogP contribution in [-0.4, -0.2) is 5.78 Å². The minimum Gasteiger partial charge on any atom is -0.299 e. The molecule has 0 radical (unpaired) electrons. The van der Waals surface area contributed by atoms with Gasteiger partial charge in [-0.3, -0.25) is 4.79 Å². The molecule has 2 rings (SSSR count). The maximum Gasteiger partial charge on any atom is 0.142 e. The highest BCUT2D eigenvalue weighted by molar-refractivity contribution is 5.85. The van der Waals surface area contributed by atoms with E-state index in [0.717, 1.165) is 5.56 Å². The van der Waals surface area contributed by atoms with Crippen molar-refractivity contribution < 1.29 is 4.79 Å². The van der Waals surface area contributed by atoms with Gasteiger partial charge in [-0.15, -0.1) is 0 Å². The van der Waals surface area contributed by atoms with Gasteiger partial charge in [0, 0.05) is 11.8 Å². The summed E-state index contributed by atoms with van der Waals surface area (Å²) >= 11 is 0. The number of hydrogen-bond donors (Lipinski definition) is 0. The lowest BCUT2D eigenvalue weighted by Crippen LogP contribution is -2.21. The number of benzene rings is 2. The first-order valence-electron chi connectivity index (χ1n) is 6.64. The molecule has 0 aliphatic carbocycles. The van der Waals surface area contributed by atoms with Crippen molar-refractivity contribution in [2.45, 2.75) is 27.2 Å². The third-order valence-corrected chi connectivity index (χ3v) is 3.26. The molecule has 98 valence electrons. The van der Waals surface area contributed by atoms with E-state index in [-0.39, 0.29) is 11.2 Å². The van der Waals surface area contributed by atoms with E-state index >= 15 is 0 Å². The van der Waals surface area contributed by atoms with Crippen LogP contribution >= 0.6 is 0 Å². The summed E-state index contributed by atoms with van der Waals surface area (Å²) < 4.78 is 0. The molecule has 19 heavy (non-hydrogen) atoms. The Kier molecular flexibility index (Phi) is 3.84. The van der Waals surface area contributed by atoms with E-state index in [0.29, 0.717) is 6.42 Å². The second kappa shape index (κ2) is 5.40. The van der Waals surface area contributed by atoms with Gasteiger partial charge in [0.1, 0.15) is 5.78 Å². The van der Waals surface area contributed by atoms with Crippen molar-refractivity contribution in [2.24, 2.45) is 5.41 Å². The Bertz CT molecular complexity index is 544. The van der Waals surface area contributed by atoms with Crippen LogP contribution in [0.5, 0.6) is 0 Å². The van der Waals surface area contributed by atoms with Crippen molar-refractivity contribution in [1.29, 1.82) is 0 Å². The van der Waals surface area contributed by atoms with E-state index in [1.807, 2.05) is 51.1 Å². The molecular weight excluding hydrogens is 232 g/mol. The van der Waals surface area contributed by atoms with E-state index in [9.17, 15) is 4.79 Å². The van der Waals surface area contributed by atoms with Crippen molar-refractivity contribution in [3.05, 3.63) is 60.2 Å². The van der Waals surface area contributed by atoms with Crippen LogP contribution in [0, 0.1) is 5.41 Å². The van der Waals surface area contributed by atoms with Crippen molar-refractivity contribution in [3.63, 3.8) is 0 Å². The second-order valence-corrected chi connectivity index (χ2v) is 5.91. The molecule has 0 saturated carbocycles. The summed E-state index contributed by atoms with van der Waals surface area (Å²) in [6, 6.07) is 18.5. The van der Waals surface area contributed by atoms with E-state index in [1.165, 1.54) is 11.1 Å². The standard InChI is InChI=1S/C18H20O/c1-18(2,3)17(19)13-14-9-11-16(12-10-14)15-7-5-4-6-8-15/h4-12H,13H2,1-3H3. The SMILES string of the molecule is CC(C)(C)C(=O)Cc1ccc(-c2ccccc2)cc1. The number of carbonyl (C=O) groups excluding carboxylic acids is 1.